The number of pyridine rings is 1. The molecule has 12 heteroatoms. The molecule has 0 aliphatic heterocycles. The molecule has 3 rings (SSSR count). The van der Waals surface area contributed by atoms with Crippen LogP contribution in [0, 0.1) is 22.7 Å². The summed E-state index contributed by atoms with van der Waals surface area (Å²) < 4.78 is 1.82. The molecule has 3 N–H and O–H groups in total. The molecule has 2 amide bonds. The first-order valence-corrected chi connectivity index (χ1v) is 12.0. The average molecular weight is 517 g/mol. The number of nitrogens with zero attached hydrogens (tertiary/aromatic N) is 5. The first-order valence-electron chi connectivity index (χ1n) is 11.2. The maximum Gasteiger partial charge on any atom is 0.270 e. The summed E-state index contributed by atoms with van der Waals surface area (Å²) >= 11 is 0.992. The van der Waals surface area contributed by atoms with Gasteiger partial charge in [0.1, 0.15) is 27.6 Å². The van der Waals surface area contributed by atoms with Gasteiger partial charge in [-0.3, -0.25) is 19.0 Å². The molecular weight excluding hydrogens is 492 g/mol. The first kappa shape index (κ1) is 26.7. The van der Waals surface area contributed by atoms with Crippen LogP contribution in [0.1, 0.15) is 6.92 Å². The van der Waals surface area contributed by atoms with Crippen LogP contribution in [0.15, 0.2) is 53.5 Å². The first-order chi connectivity index (χ1) is 17.9. The van der Waals surface area contributed by atoms with Crippen molar-refractivity contribution in [2.75, 3.05) is 35.7 Å². The van der Waals surface area contributed by atoms with Gasteiger partial charge in [0.05, 0.1) is 12.6 Å². The summed E-state index contributed by atoms with van der Waals surface area (Å²) in [5.41, 5.74) is 0.575. The monoisotopic (exact) mass is 516 g/mol. The molecule has 0 saturated heterocycles. The maximum absolute atomic E-state index is 12.9. The van der Waals surface area contributed by atoms with Crippen LogP contribution in [0.3, 0.4) is 0 Å². The fourth-order valence-electron chi connectivity index (χ4n) is 3.31. The minimum atomic E-state index is -0.718. The van der Waals surface area contributed by atoms with Crippen molar-refractivity contribution >= 4 is 52.1 Å². The zero-order chi connectivity index (χ0) is 26.8. The average Bonchev–Trinajstić information content (AvgIpc) is 3.21. The second-order valence-corrected chi connectivity index (χ2v) is 8.64. The van der Waals surface area contributed by atoms with Crippen LogP contribution in [0.5, 0.6) is 0 Å². The number of likely N-dealkylation sites (N-methyl/N-ethyl adjacent to an activating group) is 1. The van der Waals surface area contributed by atoms with Gasteiger partial charge in [0, 0.05) is 37.4 Å². The molecule has 0 atom stereocenters. The summed E-state index contributed by atoms with van der Waals surface area (Å²) in [4.78, 5) is 43.6. The number of carbonyl (C=O) groups is 2. The Bertz CT molecular complexity index is 1550. The SMILES string of the molecule is CCn1c(=O)/c(=C\Nc2cccc(NC(=O)CN(C)c3ccccn3)c2)s/c1=C(/C#N)C(=O)NCC#N. The second-order valence-electron chi connectivity index (χ2n) is 7.61. The van der Waals surface area contributed by atoms with Gasteiger partial charge in [-0.2, -0.15) is 10.5 Å². The zero-order valence-electron chi connectivity index (χ0n) is 20.2. The van der Waals surface area contributed by atoms with E-state index in [1.54, 1.807) is 61.5 Å². The third-order valence-corrected chi connectivity index (χ3v) is 6.17. The summed E-state index contributed by atoms with van der Waals surface area (Å²) in [6.07, 6.45) is 3.14. The summed E-state index contributed by atoms with van der Waals surface area (Å²) in [6.45, 7) is 1.84. The van der Waals surface area contributed by atoms with Gasteiger partial charge >= 0.3 is 0 Å². The topological polar surface area (TPSA) is 156 Å². The standard InChI is InChI=1S/C25H24N8O3S/c1-3-33-24(36)20(37-25(33)19(14-27)23(35)29-12-10-26)15-30-17-7-6-8-18(13-17)31-22(34)16-32(2)21-9-4-5-11-28-21/h4-9,11,13,15,30H,3,12,16H2,1-2H3,(H,29,35)(H,31,34)/b20-15+,25-19-. The largest absolute Gasteiger partial charge is 0.360 e. The van der Waals surface area contributed by atoms with Crippen molar-refractivity contribution in [1.29, 1.82) is 10.5 Å². The van der Waals surface area contributed by atoms with Crippen molar-refractivity contribution in [3.05, 3.63) is 68.2 Å². The van der Waals surface area contributed by atoms with E-state index in [0.29, 0.717) is 17.2 Å². The summed E-state index contributed by atoms with van der Waals surface area (Å²) in [6, 6.07) is 16.0. The molecule has 11 nitrogen and oxygen atoms in total. The number of rotatable bonds is 9. The highest BCUT2D eigenvalue weighted by Crippen LogP contribution is 2.15. The molecular formula is C25H24N8O3S. The van der Waals surface area contributed by atoms with Crippen LogP contribution in [0.25, 0.3) is 11.8 Å². The third-order valence-electron chi connectivity index (χ3n) is 5.04. The molecule has 188 valence electrons. The van der Waals surface area contributed by atoms with E-state index in [0.717, 1.165) is 11.3 Å². The molecule has 37 heavy (non-hydrogen) atoms. The number of benzene rings is 1. The lowest BCUT2D eigenvalue weighted by Crippen LogP contribution is -2.34. The highest BCUT2D eigenvalue weighted by Gasteiger charge is 2.15. The highest BCUT2D eigenvalue weighted by atomic mass is 32.1. The van der Waals surface area contributed by atoms with Crippen LogP contribution in [-0.4, -0.2) is 41.5 Å². The van der Waals surface area contributed by atoms with Crippen molar-refractivity contribution in [1.82, 2.24) is 14.9 Å². The van der Waals surface area contributed by atoms with E-state index in [1.807, 2.05) is 18.2 Å². The molecule has 2 heterocycles. The Hall–Kier alpha value is -4.94. The van der Waals surface area contributed by atoms with Gasteiger partial charge in [0.2, 0.25) is 5.91 Å². The lowest BCUT2D eigenvalue weighted by molar-refractivity contribution is -0.116. The molecule has 0 spiro atoms. The van der Waals surface area contributed by atoms with Crippen molar-refractivity contribution in [3.63, 3.8) is 0 Å². The van der Waals surface area contributed by atoms with Crippen LogP contribution < -0.4 is 35.6 Å². The summed E-state index contributed by atoms with van der Waals surface area (Å²) in [5.74, 6) is -0.267. The quantitative estimate of drug-likeness (QED) is 0.349. The van der Waals surface area contributed by atoms with Gasteiger partial charge in [0.15, 0.2) is 5.57 Å². The Morgan fingerprint density at radius 2 is 1.97 bits per heavy atom. The molecule has 0 radical (unpaired) electrons. The smallest absolute Gasteiger partial charge is 0.270 e. The van der Waals surface area contributed by atoms with E-state index in [2.05, 4.69) is 20.9 Å². The molecule has 1 aromatic carbocycles. The number of carbonyl (C=O) groups excluding carboxylic acids is 2. The van der Waals surface area contributed by atoms with Gasteiger partial charge in [0.25, 0.3) is 11.5 Å². The van der Waals surface area contributed by atoms with E-state index in [1.165, 1.54) is 10.8 Å². The van der Waals surface area contributed by atoms with Crippen LogP contribution >= 0.6 is 11.3 Å². The Morgan fingerprint density at radius 1 is 1.19 bits per heavy atom. The van der Waals surface area contributed by atoms with Crippen molar-refractivity contribution < 1.29 is 9.59 Å². The van der Waals surface area contributed by atoms with Gasteiger partial charge in [-0.15, -0.1) is 11.3 Å². The van der Waals surface area contributed by atoms with Crippen LogP contribution in [-0.2, 0) is 16.1 Å². The fourth-order valence-corrected chi connectivity index (χ4v) is 4.39. The summed E-state index contributed by atoms with van der Waals surface area (Å²) in [5, 5.41) is 26.4. The van der Waals surface area contributed by atoms with Gasteiger partial charge < -0.3 is 20.9 Å². The Labute approximate surface area is 216 Å². The number of aromatic nitrogens is 2. The normalized spacial score (nSPS) is 11.6. The summed E-state index contributed by atoms with van der Waals surface area (Å²) in [7, 11) is 1.77. The van der Waals surface area contributed by atoms with Gasteiger partial charge in [-0.25, -0.2) is 4.98 Å². The minimum Gasteiger partial charge on any atom is -0.360 e. The van der Waals surface area contributed by atoms with Crippen molar-refractivity contribution in [2.24, 2.45) is 0 Å². The number of thiazole rings is 1. The van der Waals surface area contributed by atoms with Crippen molar-refractivity contribution in [3.8, 4) is 12.1 Å². The number of nitrogens with one attached hydrogen (secondary N) is 3. The Morgan fingerprint density at radius 3 is 2.65 bits per heavy atom. The molecule has 0 saturated carbocycles. The lowest BCUT2D eigenvalue weighted by Gasteiger charge is -2.17. The van der Waals surface area contributed by atoms with E-state index < -0.39 is 5.91 Å². The predicted molar refractivity (Wildman–Crippen MR) is 142 cm³/mol. The van der Waals surface area contributed by atoms with Gasteiger partial charge in [-0.1, -0.05) is 12.1 Å². The number of hydrogen-bond donors (Lipinski definition) is 3. The van der Waals surface area contributed by atoms with E-state index in [9.17, 15) is 19.6 Å². The maximum atomic E-state index is 12.9. The van der Waals surface area contributed by atoms with Crippen molar-refractivity contribution in [2.45, 2.75) is 13.5 Å². The minimum absolute atomic E-state index is 0.106. The number of anilines is 3. The molecule has 0 bridgehead atoms. The molecule has 0 aliphatic carbocycles. The molecule has 3 aromatic rings. The fraction of sp³-hybridized carbons (Fsp3) is 0.200. The Kier molecular flexibility index (Phi) is 9.13. The predicted octanol–water partition coefficient (Wildman–Crippen LogP) is 0.564. The van der Waals surface area contributed by atoms with E-state index >= 15 is 0 Å². The molecule has 0 aliphatic rings. The number of hydrogen-bond acceptors (Lipinski definition) is 9. The zero-order valence-corrected chi connectivity index (χ0v) is 21.0. The molecule has 2 aromatic heterocycles. The highest BCUT2D eigenvalue weighted by molar-refractivity contribution is 7.07. The third kappa shape index (κ3) is 6.81. The molecule has 0 fully saturated rings. The van der Waals surface area contributed by atoms with E-state index in [4.69, 9.17) is 5.26 Å². The van der Waals surface area contributed by atoms with Gasteiger partial charge in [-0.05, 0) is 37.3 Å². The Balaban J connectivity index is 1.80. The molecule has 0 unspecified atom stereocenters. The van der Waals surface area contributed by atoms with Crippen LogP contribution in [0.2, 0.25) is 0 Å². The number of amides is 2. The van der Waals surface area contributed by atoms with Crippen LogP contribution in [0.4, 0.5) is 17.2 Å². The second kappa shape index (κ2) is 12.7. The van der Waals surface area contributed by atoms with E-state index in [-0.39, 0.29) is 45.9 Å². The lowest BCUT2D eigenvalue weighted by atomic mass is 10.2. The number of nitriles is 2.